The first kappa shape index (κ1) is 37.6. The molecular weight excluding hydrogens is 916 g/mol. The second-order valence-corrected chi connectivity index (χ2v) is 16.2. The quantitative estimate of drug-likeness (QED) is 0.127. The Hall–Kier alpha value is -6.68. The smallest absolute Gasteiger partial charge is 0.135 e. The standard InChI is InChI=1S/C54H39N4O.Pt/c1-54(2,3)38-29-30-55-53(32-38)58-49-20-9-8-19-47(49)45-17-6-7-18-46(45)48-28-26-42(34-52(48)58)59-41-15-12-14-39(33-41)56-35-57(51-22-11-10-21-50(51)56)40-25-27-44-37(31-40)24-23-36-13-4-5-16-43(36)44;/h4-32,35H,1-3H3;/q-3;. The van der Waals surface area contributed by atoms with Crippen LogP contribution >= 0.6 is 0 Å². The van der Waals surface area contributed by atoms with Gasteiger partial charge >= 0.3 is 0 Å². The van der Waals surface area contributed by atoms with Crippen molar-refractivity contribution in [3.05, 3.63) is 200 Å². The molecule has 0 aliphatic carbocycles. The third-order valence-corrected chi connectivity index (χ3v) is 11.5. The molecule has 6 heteroatoms. The molecule has 0 N–H and O–H groups in total. The largest absolute Gasteiger partial charge is 0.509 e. The van der Waals surface area contributed by atoms with Gasteiger partial charge in [0.25, 0.3) is 0 Å². The molecule has 0 unspecified atom stereocenters. The molecule has 0 atom stereocenters. The maximum Gasteiger partial charge on any atom is 0.135 e. The first-order valence-corrected chi connectivity index (χ1v) is 20.0. The van der Waals surface area contributed by atoms with E-state index in [0.717, 1.165) is 62.2 Å². The summed E-state index contributed by atoms with van der Waals surface area (Å²) >= 11 is 0. The topological polar surface area (TPSA) is 31.8 Å². The van der Waals surface area contributed by atoms with Crippen molar-refractivity contribution in [2.24, 2.45) is 0 Å². The van der Waals surface area contributed by atoms with E-state index >= 15 is 0 Å². The molecular formula is C54H39N4OPt-3. The number of anilines is 7. The van der Waals surface area contributed by atoms with Crippen LogP contribution < -0.4 is 19.4 Å². The van der Waals surface area contributed by atoms with Crippen molar-refractivity contribution in [3.8, 4) is 33.8 Å². The van der Waals surface area contributed by atoms with E-state index in [1.54, 1.807) is 0 Å². The molecule has 8 aromatic carbocycles. The van der Waals surface area contributed by atoms with E-state index < -0.39 is 0 Å². The molecule has 0 saturated carbocycles. The minimum Gasteiger partial charge on any atom is -0.509 e. The van der Waals surface area contributed by atoms with Crippen LogP contribution in [0.3, 0.4) is 0 Å². The molecule has 2 aliphatic rings. The van der Waals surface area contributed by atoms with Gasteiger partial charge in [0.05, 0.1) is 5.69 Å². The molecule has 9 aromatic rings. The fourth-order valence-electron chi connectivity index (χ4n) is 8.55. The summed E-state index contributed by atoms with van der Waals surface area (Å²) < 4.78 is 6.69. The van der Waals surface area contributed by atoms with Crippen LogP contribution in [0.15, 0.2) is 176 Å². The minimum absolute atomic E-state index is 0. The molecule has 294 valence electrons. The Morgan fingerprint density at radius 2 is 1.20 bits per heavy atom. The second kappa shape index (κ2) is 14.9. The van der Waals surface area contributed by atoms with Crippen molar-refractivity contribution in [2.45, 2.75) is 26.2 Å². The maximum absolute atomic E-state index is 6.69. The Labute approximate surface area is 365 Å². The zero-order valence-electron chi connectivity index (χ0n) is 33.3. The average molecular weight is 955 g/mol. The number of hydrogen-bond acceptors (Lipinski definition) is 5. The molecule has 1 aromatic heterocycles. The normalized spacial score (nSPS) is 12.9. The summed E-state index contributed by atoms with van der Waals surface area (Å²) in [4.78, 5) is 11.6. The van der Waals surface area contributed by atoms with E-state index in [-0.39, 0.29) is 26.5 Å². The van der Waals surface area contributed by atoms with Crippen molar-refractivity contribution >= 4 is 61.5 Å². The summed E-state index contributed by atoms with van der Waals surface area (Å²) in [6.07, 6.45) is 1.91. The van der Waals surface area contributed by atoms with Crippen LogP contribution in [0.1, 0.15) is 26.3 Å². The SMILES string of the molecule is CC(C)(C)c1ccnc(N2c3[c-]c(Oc4[c-]c(N5[CH-]N(c6ccc7c(ccc8ccccc87)c6)c6ccccc65)ccc4)ccc3-c3ccccc3-c3ccccc32)c1.[Pt]. The summed E-state index contributed by atoms with van der Waals surface area (Å²) in [5.41, 5.74) is 11.6. The molecule has 2 aliphatic heterocycles. The van der Waals surface area contributed by atoms with Gasteiger partial charge in [-0.25, -0.2) is 4.98 Å². The van der Waals surface area contributed by atoms with E-state index in [2.05, 4.69) is 206 Å². The van der Waals surface area contributed by atoms with Gasteiger partial charge in [-0.3, -0.25) is 0 Å². The average Bonchev–Trinajstić information content (AvgIpc) is 3.61. The van der Waals surface area contributed by atoms with E-state index in [9.17, 15) is 0 Å². The van der Waals surface area contributed by atoms with Gasteiger partial charge in [0.1, 0.15) is 5.82 Å². The van der Waals surface area contributed by atoms with E-state index in [0.29, 0.717) is 11.5 Å². The van der Waals surface area contributed by atoms with Crippen LogP contribution in [0.4, 0.5) is 39.9 Å². The van der Waals surface area contributed by atoms with Gasteiger partial charge in [0.15, 0.2) is 0 Å². The fourth-order valence-corrected chi connectivity index (χ4v) is 8.55. The van der Waals surface area contributed by atoms with Crippen molar-refractivity contribution in [1.82, 2.24) is 4.98 Å². The number of ether oxygens (including phenoxy) is 1. The third-order valence-electron chi connectivity index (χ3n) is 11.5. The molecule has 0 radical (unpaired) electrons. The summed E-state index contributed by atoms with van der Waals surface area (Å²) in [5, 5.41) is 4.95. The van der Waals surface area contributed by atoms with Crippen molar-refractivity contribution in [1.29, 1.82) is 0 Å². The number of benzene rings is 8. The van der Waals surface area contributed by atoms with Gasteiger partial charge < -0.3 is 19.4 Å². The van der Waals surface area contributed by atoms with E-state index in [1.165, 1.54) is 27.1 Å². The predicted octanol–water partition coefficient (Wildman–Crippen LogP) is 14.6. The molecule has 5 nitrogen and oxygen atoms in total. The van der Waals surface area contributed by atoms with Crippen LogP contribution in [-0.2, 0) is 26.5 Å². The maximum atomic E-state index is 6.69. The third kappa shape index (κ3) is 6.42. The Bertz CT molecular complexity index is 3100. The number of nitrogens with zero attached hydrogens (tertiary/aromatic N) is 4. The Morgan fingerprint density at radius 3 is 2.02 bits per heavy atom. The number of fused-ring (bicyclic) bond motifs is 9. The van der Waals surface area contributed by atoms with Crippen LogP contribution in [0, 0.1) is 18.8 Å². The first-order valence-electron chi connectivity index (χ1n) is 20.0. The minimum atomic E-state index is -0.0561. The number of rotatable bonds is 5. The van der Waals surface area contributed by atoms with Gasteiger partial charge in [-0.15, -0.1) is 48.3 Å². The Kier molecular flexibility index (Phi) is 9.30. The summed E-state index contributed by atoms with van der Waals surface area (Å²) in [7, 11) is 0. The summed E-state index contributed by atoms with van der Waals surface area (Å²) in [6.45, 7) is 8.84. The van der Waals surface area contributed by atoms with E-state index in [4.69, 9.17) is 9.72 Å². The van der Waals surface area contributed by atoms with Crippen LogP contribution in [0.5, 0.6) is 11.5 Å². The number of para-hydroxylation sites is 3. The number of aromatic nitrogens is 1. The van der Waals surface area contributed by atoms with Gasteiger partial charge in [-0.05, 0) is 80.6 Å². The second-order valence-electron chi connectivity index (χ2n) is 16.2. The fraction of sp³-hybridized carbons (Fsp3) is 0.0741. The molecule has 60 heavy (non-hydrogen) atoms. The molecule has 3 heterocycles. The molecule has 0 bridgehead atoms. The van der Waals surface area contributed by atoms with Crippen LogP contribution in [0.2, 0.25) is 0 Å². The van der Waals surface area contributed by atoms with Gasteiger partial charge in [-0.2, -0.15) is 12.1 Å². The van der Waals surface area contributed by atoms with Crippen LogP contribution in [0.25, 0.3) is 43.8 Å². The first-order chi connectivity index (χ1) is 28.9. The van der Waals surface area contributed by atoms with Crippen molar-refractivity contribution in [2.75, 3.05) is 14.7 Å². The Morgan fingerprint density at radius 1 is 0.533 bits per heavy atom. The summed E-state index contributed by atoms with van der Waals surface area (Å²) in [6, 6.07) is 67.1. The predicted molar refractivity (Wildman–Crippen MR) is 243 cm³/mol. The zero-order valence-corrected chi connectivity index (χ0v) is 35.6. The molecule has 0 amide bonds. The molecule has 11 rings (SSSR count). The Balaban J connectivity index is 0.00000433. The monoisotopic (exact) mass is 954 g/mol. The molecule has 0 saturated heterocycles. The zero-order chi connectivity index (χ0) is 39.7. The molecule has 0 fully saturated rings. The van der Waals surface area contributed by atoms with Gasteiger partial charge in [-0.1, -0.05) is 129 Å². The van der Waals surface area contributed by atoms with Crippen LogP contribution in [-0.4, -0.2) is 4.98 Å². The van der Waals surface area contributed by atoms with Gasteiger partial charge in [0, 0.05) is 61.4 Å². The van der Waals surface area contributed by atoms with Crippen molar-refractivity contribution < 1.29 is 25.8 Å². The van der Waals surface area contributed by atoms with Gasteiger partial charge in [0.2, 0.25) is 0 Å². The summed E-state index contributed by atoms with van der Waals surface area (Å²) in [5.74, 6) is 2.00. The van der Waals surface area contributed by atoms with Crippen molar-refractivity contribution in [3.63, 3.8) is 0 Å². The number of pyridine rings is 1. The van der Waals surface area contributed by atoms with E-state index in [1.807, 2.05) is 24.4 Å². The molecule has 0 spiro atoms. The number of hydrogen-bond donors (Lipinski definition) is 0.